The highest BCUT2D eigenvalue weighted by Gasteiger charge is 2.27. The molecule has 0 unspecified atom stereocenters. The highest BCUT2D eigenvalue weighted by atomic mass is 16.6. The van der Waals surface area contributed by atoms with E-state index in [2.05, 4.69) is 12.2 Å². The van der Waals surface area contributed by atoms with Crippen LogP contribution in [0.1, 0.15) is 55.5 Å². The topological polar surface area (TPSA) is 98.5 Å². The lowest BCUT2D eigenvalue weighted by atomic mass is 9.86. The molecule has 0 radical (unpaired) electrons. The van der Waals surface area contributed by atoms with E-state index in [1.54, 1.807) is 0 Å². The van der Waals surface area contributed by atoms with Crippen LogP contribution in [0.25, 0.3) is 0 Å². The molecular formula is C18H24N2O5. The molecule has 7 heteroatoms. The van der Waals surface area contributed by atoms with Crippen LogP contribution in [0, 0.1) is 23.0 Å². The fourth-order valence-electron chi connectivity index (χ4n) is 3.15. The number of carbonyl (C=O) groups is 2. The van der Waals surface area contributed by atoms with Gasteiger partial charge in [-0.2, -0.15) is 0 Å². The van der Waals surface area contributed by atoms with Crippen LogP contribution >= 0.6 is 0 Å². The van der Waals surface area contributed by atoms with Crippen LogP contribution in [0.2, 0.25) is 0 Å². The minimum absolute atomic E-state index is 0.0971. The zero-order valence-corrected chi connectivity index (χ0v) is 14.8. The number of esters is 1. The van der Waals surface area contributed by atoms with Gasteiger partial charge in [0.25, 0.3) is 11.6 Å². The van der Waals surface area contributed by atoms with Crippen molar-refractivity contribution in [3.8, 4) is 0 Å². The summed E-state index contributed by atoms with van der Waals surface area (Å²) in [6.45, 7) is 5.10. The molecule has 1 amide bonds. The predicted molar refractivity (Wildman–Crippen MR) is 92.3 cm³/mol. The third kappa shape index (κ3) is 4.55. The summed E-state index contributed by atoms with van der Waals surface area (Å²) in [4.78, 5) is 35.0. The molecule has 0 saturated heterocycles. The first kappa shape index (κ1) is 18.9. The number of benzene rings is 1. The van der Waals surface area contributed by atoms with Gasteiger partial charge in [0, 0.05) is 17.7 Å². The Kier molecular flexibility index (Phi) is 6.12. The van der Waals surface area contributed by atoms with Crippen molar-refractivity contribution in [1.82, 2.24) is 5.32 Å². The van der Waals surface area contributed by atoms with Gasteiger partial charge in [-0.1, -0.05) is 25.8 Å². The minimum atomic E-state index is -0.958. The Morgan fingerprint density at radius 3 is 2.64 bits per heavy atom. The van der Waals surface area contributed by atoms with E-state index >= 15 is 0 Å². The monoisotopic (exact) mass is 348 g/mol. The van der Waals surface area contributed by atoms with Crippen LogP contribution in [0.4, 0.5) is 5.69 Å². The Labute approximate surface area is 146 Å². The van der Waals surface area contributed by atoms with Crippen molar-refractivity contribution in [3.05, 3.63) is 39.4 Å². The third-order valence-corrected chi connectivity index (χ3v) is 4.81. The van der Waals surface area contributed by atoms with E-state index in [-0.39, 0.29) is 28.8 Å². The summed E-state index contributed by atoms with van der Waals surface area (Å²) in [6.07, 6.45) is 3.30. The average Bonchev–Trinajstić information content (AvgIpc) is 2.56. The van der Waals surface area contributed by atoms with Gasteiger partial charge < -0.3 is 10.1 Å². The molecule has 1 aliphatic rings. The maximum absolute atomic E-state index is 12.3. The predicted octanol–water partition coefficient (Wildman–Crippen LogP) is 3.14. The number of nitrogens with zero attached hydrogens (tertiary/aromatic N) is 1. The number of nitrogens with one attached hydrogen (secondary N) is 1. The number of hydrogen-bond donors (Lipinski definition) is 1. The lowest BCUT2D eigenvalue weighted by Gasteiger charge is -2.30. The number of hydrogen-bond acceptors (Lipinski definition) is 5. The van der Waals surface area contributed by atoms with Crippen LogP contribution < -0.4 is 5.32 Å². The molecule has 0 aromatic heterocycles. The number of rotatable bonds is 5. The maximum atomic E-state index is 12.3. The van der Waals surface area contributed by atoms with Crippen LogP contribution in [-0.2, 0) is 9.53 Å². The van der Waals surface area contributed by atoms with Crippen LogP contribution in [-0.4, -0.2) is 28.9 Å². The lowest BCUT2D eigenvalue weighted by molar-refractivity contribution is -0.385. The van der Waals surface area contributed by atoms with Gasteiger partial charge >= 0.3 is 5.97 Å². The van der Waals surface area contributed by atoms with E-state index < -0.39 is 17.0 Å². The maximum Gasteiger partial charge on any atom is 0.339 e. The molecule has 7 nitrogen and oxygen atoms in total. The second-order valence-corrected chi connectivity index (χ2v) is 6.63. The summed E-state index contributed by atoms with van der Waals surface area (Å²) in [6, 6.07) is 4.31. The Balaban J connectivity index is 2.01. The Bertz CT molecular complexity index is 673. The molecule has 0 heterocycles. The minimum Gasteiger partial charge on any atom is -0.449 e. The van der Waals surface area contributed by atoms with Crippen molar-refractivity contribution in [2.45, 2.75) is 58.6 Å². The number of nitro benzene ring substituents is 1. The molecule has 1 aliphatic carbocycles. The van der Waals surface area contributed by atoms with Crippen LogP contribution in [0.15, 0.2) is 18.2 Å². The number of ether oxygens (including phenoxy) is 1. The van der Waals surface area contributed by atoms with Gasteiger partial charge in [-0.05, 0) is 38.7 Å². The molecule has 2 rings (SSSR count). The van der Waals surface area contributed by atoms with E-state index in [1.807, 2.05) is 0 Å². The largest absolute Gasteiger partial charge is 0.449 e. The molecule has 0 spiro atoms. The average molecular weight is 348 g/mol. The van der Waals surface area contributed by atoms with E-state index in [0.29, 0.717) is 5.92 Å². The summed E-state index contributed by atoms with van der Waals surface area (Å²) in [7, 11) is 0. The molecule has 1 fully saturated rings. The summed E-state index contributed by atoms with van der Waals surface area (Å²) in [5.41, 5.74) is 0.175. The van der Waals surface area contributed by atoms with Crippen molar-refractivity contribution in [3.63, 3.8) is 0 Å². The highest BCUT2D eigenvalue weighted by molar-refractivity contribution is 5.94. The standard InChI is InChI=1S/C18H24N2O5/c1-11-7-4-5-9-15(11)19-17(21)13(3)25-18(22)14-8-6-10-16(12(14)2)20(23)24/h6,8,10-11,13,15H,4-5,7,9H2,1-3H3,(H,19,21)/t11-,13-,15-/m0/s1. The zero-order valence-electron chi connectivity index (χ0n) is 14.8. The highest BCUT2D eigenvalue weighted by Crippen LogP contribution is 2.24. The Hall–Kier alpha value is -2.44. The van der Waals surface area contributed by atoms with Crippen molar-refractivity contribution < 1.29 is 19.2 Å². The molecule has 0 aliphatic heterocycles. The van der Waals surface area contributed by atoms with Crippen LogP contribution in [0.5, 0.6) is 0 Å². The molecule has 3 atom stereocenters. The van der Waals surface area contributed by atoms with E-state index in [0.717, 1.165) is 19.3 Å². The van der Waals surface area contributed by atoms with Crippen molar-refractivity contribution in [2.75, 3.05) is 0 Å². The normalized spacial score (nSPS) is 21.2. The second kappa shape index (κ2) is 8.09. The van der Waals surface area contributed by atoms with E-state index in [1.165, 1.54) is 38.5 Å². The van der Waals surface area contributed by atoms with Crippen LogP contribution in [0.3, 0.4) is 0 Å². The molecule has 1 aromatic carbocycles. The van der Waals surface area contributed by atoms with Gasteiger partial charge in [-0.15, -0.1) is 0 Å². The Morgan fingerprint density at radius 1 is 1.32 bits per heavy atom. The first-order chi connectivity index (χ1) is 11.8. The first-order valence-electron chi connectivity index (χ1n) is 8.56. The summed E-state index contributed by atoms with van der Waals surface area (Å²) in [5.74, 6) is -0.671. The summed E-state index contributed by atoms with van der Waals surface area (Å²) >= 11 is 0. The molecule has 1 aromatic rings. The number of carbonyl (C=O) groups excluding carboxylic acids is 2. The van der Waals surface area contributed by atoms with E-state index in [9.17, 15) is 19.7 Å². The Morgan fingerprint density at radius 2 is 2.00 bits per heavy atom. The quantitative estimate of drug-likeness (QED) is 0.501. The van der Waals surface area contributed by atoms with Crippen molar-refractivity contribution in [2.24, 2.45) is 5.92 Å². The van der Waals surface area contributed by atoms with Gasteiger partial charge in [-0.25, -0.2) is 4.79 Å². The fourth-order valence-corrected chi connectivity index (χ4v) is 3.15. The molecule has 1 saturated carbocycles. The SMILES string of the molecule is Cc1c(C(=O)O[C@@H](C)C(=O)N[C@H]2CCCC[C@@H]2C)cccc1[N+](=O)[O-]. The molecule has 136 valence electrons. The van der Waals surface area contributed by atoms with Crippen molar-refractivity contribution >= 4 is 17.6 Å². The number of nitro groups is 1. The molecule has 0 bridgehead atoms. The smallest absolute Gasteiger partial charge is 0.339 e. The zero-order chi connectivity index (χ0) is 18.6. The first-order valence-corrected chi connectivity index (χ1v) is 8.56. The molecule has 1 N–H and O–H groups in total. The fraction of sp³-hybridized carbons (Fsp3) is 0.556. The second-order valence-electron chi connectivity index (χ2n) is 6.63. The third-order valence-electron chi connectivity index (χ3n) is 4.81. The van der Waals surface area contributed by atoms with Gasteiger partial charge in [-0.3, -0.25) is 14.9 Å². The molecular weight excluding hydrogens is 324 g/mol. The van der Waals surface area contributed by atoms with Gasteiger partial charge in [0.1, 0.15) is 0 Å². The summed E-state index contributed by atoms with van der Waals surface area (Å²) in [5, 5.41) is 13.9. The summed E-state index contributed by atoms with van der Waals surface area (Å²) < 4.78 is 5.22. The van der Waals surface area contributed by atoms with Crippen molar-refractivity contribution in [1.29, 1.82) is 0 Å². The number of amides is 1. The molecule has 25 heavy (non-hydrogen) atoms. The van der Waals surface area contributed by atoms with Gasteiger partial charge in [0.15, 0.2) is 6.10 Å². The van der Waals surface area contributed by atoms with E-state index in [4.69, 9.17) is 4.74 Å². The lowest BCUT2D eigenvalue weighted by Crippen LogP contribution is -2.46. The van der Waals surface area contributed by atoms with Gasteiger partial charge in [0.2, 0.25) is 0 Å². The van der Waals surface area contributed by atoms with Gasteiger partial charge in [0.05, 0.1) is 10.5 Å².